The normalized spacial score (nSPS) is 16.4. The molecule has 4 heteroatoms. The van der Waals surface area contributed by atoms with Gasteiger partial charge in [0.25, 0.3) is 0 Å². The summed E-state index contributed by atoms with van der Waals surface area (Å²) in [6.45, 7) is 1.46. The lowest BCUT2D eigenvalue weighted by Crippen LogP contribution is -2.04. The van der Waals surface area contributed by atoms with Gasteiger partial charge in [-0.2, -0.15) is 13.2 Å². The molecule has 0 spiro atoms. The highest BCUT2D eigenvalue weighted by Gasteiger charge is 2.29. The van der Waals surface area contributed by atoms with Crippen LogP contribution in [0.5, 0.6) is 0 Å². The molecule has 1 aliphatic heterocycles. The Balaban J connectivity index is 1.83. The second-order valence-corrected chi connectivity index (χ2v) is 4.76. The van der Waals surface area contributed by atoms with E-state index in [1.807, 2.05) is 6.08 Å². The molecule has 1 heterocycles. The summed E-state index contributed by atoms with van der Waals surface area (Å²) in [4.78, 5) is 0. The summed E-state index contributed by atoms with van der Waals surface area (Å²) in [6, 6.07) is 5.32. The van der Waals surface area contributed by atoms with Crippen molar-refractivity contribution >= 4 is 0 Å². The Morgan fingerprint density at radius 3 is 2.35 bits per heavy atom. The minimum Gasteiger partial charge on any atom is -0.377 e. The first-order chi connectivity index (χ1) is 9.55. The maximum atomic E-state index is 12.4. The molecule has 0 radical (unpaired) electrons. The van der Waals surface area contributed by atoms with E-state index in [-0.39, 0.29) is 0 Å². The van der Waals surface area contributed by atoms with Crippen molar-refractivity contribution in [1.82, 2.24) is 0 Å². The first-order valence-electron chi connectivity index (χ1n) is 6.62. The van der Waals surface area contributed by atoms with Crippen LogP contribution in [0.1, 0.15) is 24.0 Å². The van der Waals surface area contributed by atoms with E-state index < -0.39 is 11.7 Å². The highest BCUT2D eigenvalue weighted by Crippen LogP contribution is 2.29. The SMILES string of the molecule is FC(F)(F)c1ccc(C/C=C/CC2=CCOCC2)cc1. The van der Waals surface area contributed by atoms with Crippen LogP contribution in [-0.4, -0.2) is 13.2 Å². The second-order valence-electron chi connectivity index (χ2n) is 4.76. The van der Waals surface area contributed by atoms with Crippen molar-refractivity contribution in [2.75, 3.05) is 13.2 Å². The summed E-state index contributed by atoms with van der Waals surface area (Å²) < 4.78 is 42.4. The van der Waals surface area contributed by atoms with Gasteiger partial charge in [0, 0.05) is 0 Å². The van der Waals surface area contributed by atoms with Crippen LogP contribution in [0.3, 0.4) is 0 Å². The fourth-order valence-corrected chi connectivity index (χ4v) is 2.03. The lowest BCUT2D eigenvalue weighted by atomic mass is 10.1. The standard InChI is InChI=1S/C16H17F3O/c17-16(18,19)15-7-5-13(6-8-15)3-1-2-4-14-9-11-20-12-10-14/h1-2,5-9H,3-4,10-12H2/b2-1+. The van der Waals surface area contributed by atoms with E-state index in [9.17, 15) is 13.2 Å². The molecule has 2 rings (SSSR count). The van der Waals surface area contributed by atoms with Crippen LogP contribution in [0, 0.1) is 0 Å². The number of halogens is 3. The average Bonchev–Trinajstić information content (AvgIpc) is 2.44. The molecule has 0 amide bonds. The van der Waals surface area contributed by atoms with Crippen LogP contribution in [0.2, 0.25) is 0 Å². The summed E-state index contributed by atoms with van der Waals surface area (Å²) in [5.74, 6) is 0. The minimum absolute atomic E-state index is 0.599. The van der Waals surface area contributed by atoms with E-state index in [1.165, 1.54) is 17.7 Å². The predicted molar refractivity (Wildman–Crippen MR) is 72.4 cm³/mol. The molecular formula is C16H17F3O. The lowest BCUT2D eigenvalue weighted by Gasteiger charge is -2.11. The predicted octanol–water partition coefficient (Wildman–Crippen LogP) is 4.54. The van der Waals surface area contributed by atoms with Gasteiger partial charge in [0.15, 0.2) is 0 Å². The number of benzene rings is 1. The topological polar surface area (TPSA) is 9.23 Å². The van der Waals surface area contributed by atoms with E-state index >= 15 is 0 Å². The summed E-state index contributed by atoms with van der Waals surface area (Å²) in [7, 11) is 0. The van der Waals surface area contributed by atoms with Crippen molar-refractivity contribution in [3.8, 4) is 0 Å². The van der Waals surface area contributed by atoms with Crippen molar-refractivity contribution in [2.45, 2.75) is 25.4 Å². The molecule has 1 aromatic carbocycles. The maximum Gasteiger partial charge on any atom is 0.416 e. The first-order valence-corrected chi connectivity index (χ1v) is 6.62. The van der Waals surface area contributed by atoms with Gasteiger partial charge in [0.05, 0.1) is 18.8 Å². The number of hydrogen-bond acceptors (Lipinski definition) is 1. The highest BCUT2D eigenvalue weighted by atomic mass is 19.4. The van der Waals surface area contributed by atoms with E-state index in [4.69, 9.17) is 4.74 Å². The molecule has 1 aromatic rings. The van der Waals surface area contributed by atoms with Gasteiger partial charge in [-0.1, -0.05) is 35.9 Å². The molecule has 1 nitrogen and oxygen atoms in total. The summed E-state index contributed by atoms with van der Waals surface area (Å²) in [6.07, 6.45) is 4.40. The first kappa shape index (κ1) is 14.9. The number of allylic oxidation sites excluding steroid dienone is 2. The second kappa shape index (κ2) is 6.75. The van der Waals surface area contributed by atoms with Gasteiger partial charge in [-0.05, 0) is 37.0 Å². The van der Waals surface area contributed by atoms with E-state index in [2.05, 4.69) is 12.2 Å². The average molecular weight is 282 g/mol. The zero-order valence-electron chi connectivity index (χ0n) is 11.1. The molecule has 0 bridgehead atoms. The van der Waals surface area contributed by atoms with E-state index in [0.29, 0.717) is 13.0 Å². The molecule has 0 saturated heterocycles. The fraction of sp³-hybridized carbons (Fsp3) is 0.375. The van der Waals surface area contributed by atoms with E-state index in [0.717, 1.165) is 37.1 Å². The minimum atomic E-state index is -4.26. The van der Waals surface area contributed by atoms with Gasteiger partial charge in [0.1, 0.15) is 0 Å². The van der Waals surface area contributed by atoms with Gasteiger partial charge >= 0.3 is 6.18 Å². The third-order valence-corrected chi connectivity index (χ3v) is 3.24. The summed E-state index contributed by atoms with van der Waals surface area (Å²) >= 11 is 0. The van der Waals surface area contributed by atoms with Crippen molar-refractivity contribution in [3.05, 3.63) is 59.2 Å². The summed E-state index contributed by atoms with van der Waals surface area (Å²) in [5.41, 5.74) is 1.65. The molecular weight excluding hydrogens is 265 g/mol. The van der Waals surface area contributed by atoms with Crippen LogP contribution in [-0.2, 0) is 17.3 Å². The number of hydrogen-bond donors (Lipinski definition) is 0. The molecule has 1 aliphatic rings. The third kappa shape index (κ3) is 4.53. The molecule has 0 saturated carbocycles. The van der Waals surface area contributed by atoms with Crippen LogP contribution in [0.15, 0.2) is 48.1 Å². The largest absolute Gasteiger partial charge is 0.416 e. The van der Waals surface area contributed by atoms with Gasteiger partial charge < -0.3 is 4.74 Å². The molecule has 0 unspecified atom stereocenters. The Hall–Kier alpha value is -1.55. The van der Waals surface area contributed by atoms with Gasteiger partial charge in [-0.3, -0.25) is 0 Å². The van der Waals surface area contributed by atoms with Crippen LogP contribution in [0.25, 0.3) is 0 Å². The molecule has 0 N–H and O–H groups in total. The van der Waals surface area contributed by atoms with Crippen molar-refractivity contribution in [1.29, 1.82) is 0 Å². The quantitative estimate of drug-likeness (QED) is 0.737. The van der Waals surface area contributed by atoms with Gasteiger partial charge in [-0.25, -0.2) is 0 Å². The molecule has 20 heavy (non-hydrogen) atoms. The Kier molecular flexibility index (Phi) is 5.01. The maximum absolute atomic E-state index is 12.4. The van der Waals surface area contributed by atoms with Gasteiger partial charge in [-0.15, -0.1) is 0 Å². The van der Waals surface area contributed by atoms with Crippen molar-refractivity contribution in [2.24, 2.45) is 0 Å². The Bertz CT molecular complexity index is 483. The monoisotopic (exact) mass is 282 g/mol. The Morgan fingerprint density at radius 1 is 1.05 bits per heavy atom. The zero-order valence-corrected chi connectivity index (χ0v) is 11.1. The molecule has 0 fully saturated rings. The lowest BCUT2D eigenvalue weighted by molar-refractivity contribution is -0.137. The molecule has 108 valence electrons. The third-order valence-electron chi connectivity index (χ3n) is 3.24. The highest BCUT2D eigenvalue weighted by molar-refractivity contribution is 5.26. The zero-order chi connectivity index (χ0) is 14.4. The van der Waals surface area contributed by atoms with Crippen LogP contribution in [0.4, 0.5) is 13.2 Å². The van der Waals surface area contributed by atoms with E-state index in [1.54, 1.807) is 0 Å². The Morgan fingerprint density at radius 2 is 1.75 bits per heavy atom. The molecule has 0 atom stereocenters. The number of rotatable bonds is 4. The van der Waals surface area contributed by atoms with Crippen LogP contribution < -0.4 is 0 Å². The van der Waals surface area contributed by atoms with Crippen molar-refractivity contribution in [3.63, 3.8) is 0 Å². The fourth-order valence-electron chi connectivity index (χ4n) is 2.03. The Labute approximate surface area is 116 Å². The van der Waals surface area contributed by atoms with Crippen molar-refractivity contribution < 1.29 is 17.9 Å². The number of ether oxygens (including phenoxy) is 1. The van der Waals surface area contributed by atoms with Crippen LogP contribution >= 0.6 is 0 Å². The molecule has 0 aromatic heterocycles. The summed E-state index contributed by atoms with van der Waals surface area (Å²) in [5, 5.41) is 0. The molecule has 0 aliphatic carbocycles. The smallest absolute Gasteiger partial charge is 0.377 e. The van der Waals surface area contributed by atoms with Gasteiger partial charge in [0.2, 0.25) is 0 Å². The number of alkyl halides is 3.